The highest BCUT2D eigenvalue weighted by molar-refractivity contribution is 7.14. The van der Waals surface area contributed by atoms with Crippen molar-refractivity contribution in [2.45, 2.75) is 13.8 Å². The minimum absolute atomic E-state index is 0.259. The van der Waals surface area contributed by atoms with Crippen molar-refractivity contribution in [3.63, 3.8) is 0 Å². The maximum Gasteiger partial charge on any atom is 0.250 e. The Bertz CT molecular complexity index is 1100. The molecule has 1 aliphatic heterocycles. The number of carbonyl (C=O) groups is 1. The van der Waals surface area contributed by atoms with Gasteiger partial charge < -0.3 is 14.2 Å². The van der Waals surface area contributed by atoms with E-state index >= 15 is 0 Å². The lowest BCUT2D eigenvalue weighted by Crippen LogP contribution is -2.16. The number of aryl methyl sites for hydroxylation is 2. The molecule has 0 spiro atoms. The van der Waals surface area contributed by atoms with E-state index in [1.54, 1.807) is 19.3 Å². The van der Waals surface area contributed by atoms with Crippen LogP contribution in [-0.4, -0.2) is 31.2 Å². The molecule has 0 aliphatic carbocycles. The van der Waals surface area contributed by atoms with E-state index in [9.17, 15) is 4.79 Å². The molecule has 0 bridgehead atoms. The van der Waals surface area contributed by atoms with Gasteiger partial charge in [0.05, 0.1) is 12.8 Å². The van der Waals surface area contributed by atoms with E-state index in [1.165, 1.54) is 23.0 Å². The van der Waals surface area contributed by atoms with Gasteiger partial charge in [-0.25, -0.2) is 4.98 Å². The molecule has 1 amide bonds. The smallest absolute Gasteiger partial charge is 0.250 e. The van der Waals surface area contributed by atoms with Gasteiger partial charge in [-0.05, 0) is 49.2 Å². The fraction of sp³-hybridized carbons (Fsp3) is 0.217. The van der Waals surface area contributed by atoms with Gasteiger partial charge in [0, 0.05) is 17.0 Å². The zero-order valence-electron chi connectivity index (χ0n) is 17.0. The van der Waals surface area contributed by atoms with Crippen molar-refractivity contribution >= 4 is 28.5 Å². The fourth-order valence-corrected chi connectivity index (χ4v) is 3.89. The second kappa shape index (κ2) is 8.59. The number of anilines is 1. The molecule has 0 radical (unpaired) electrons. The lowest BCUT2D eigenvalue weighted by Gasteiger charge is -2.20. The van der Waals surface area contributed by atoms with E-state index in [-0.39, 0.29) is 5.91 Å². The average Bonchev–Trinajstić information content (AvgIpc) is 3.21. The summed E-state index contributed by atoms with van der Waals surface area (Å²) in [7, 11) is 1.57. The number of amides is 1. The minimum atomic E-state index is -0.259. The van der Waals surface area contributed by atoms with Gasteiger partial charge in [0.2, 0.25) is 11.7 Å². The van der Waals surface area contributed by atoms with Crippen LogP contribution in [0.5, 0.6) is 17.2 Å². The Hall–Kier alpha value is -3.32. The summed E-state index contributed by atoms with van der Waals surface area (Å²) in [5.74, 6) is 1.52. The molecule has 7 heteroatoms. The maximum absolute atomic E-state index is 12.4. The molecule has 2 heterocycles. The summed E-state index contributed by atoms with van der Waals surface area (Å²) < 4.78 is 16.6. The van der Waals surface area contributed by atoms with Crippen molar-refractivity contribution in [1.29, 1.82) is 0 Å². The Labute approximate surface area is 179 Å². The van der Waals surface area contributed by atoms with E-state index in [2.05, 4.69) is 42.3 Å². The zero-order valence-corrected chi connectivity index (χ0v) is 17.8. The summed E-state index contributed by atoms with van der Waals surface area (Å²) in [4.78, 5) is 16.9. The van der Waals surface area contributed by atoms with E-state index < -0.39 is 0 Å². The molecule has 6 nitrogen and oxygen atoms in total. The van der Waals surface area contributed by atoms with E-state index in [1.807, 2.05) is 11.4 Å². The number of hydrogen-bond donors (Lipinski definition) is 1. The SMILES string of the molecule is COc1cc(/C=C/C(=O)Nc2nc(-c3cc(C)ccc3C)cs2)cc2c1OCCO2. The Balaban J connectivity index is 1.47. The summed E-state index contributed by atoms with van der Waals surface area (Å²) in [5.41, 5.74) is 5.03. The summed E-state index contributed by atoms with van der Waals surface area (Å²) in [6, 6.07) is 9.88. The van der Waals surface area contributed by atoms with Crippen molar-refractivity contribution in [2.75, 3.05) is 25.6 Å². The Kier molecular flexibility index (Phi) is 5.72. The second-order valence-corrected chi connectivity index (χ2v) is 7.78. The van der Waals surface area contributed by atoms with Crippen LogP contribution in [0.2, 0.25) is 0 Å². The van der Waals surface area contributed by atoms with Crippen LogP contribution in [0.3, 0.4) is 0 Å². The molecule has 0 saturated carbocycles. The Morgan fingerprint density at radius 1 is 1.20 bits per heavy atom. The molecular weight excluding hydrogens is 400 g/mol. The number of aromatic nitrogens is 1. The Morgan fingerprint density at radius 2 is 2.03 bits per heavy atom. The first-order valence-electron chi connectivity index (χ1n) is 9.53. The largest absolute Gasteiger partial charge is 0.493 e. The van der Waals surface area contributed by atoms with E-state index in [0.29, 0.717) is 35.6 Å². The van der Waals surface area contributed by atoms with E-state index in [0.717, 1.165) is 22.4 Å². The third-order valence-corrected chi connectivity index (χ3v) is 5.44. The van der Waals surface area contributed by atoms with Gasteiger partial charge in [0.25, 0.3) is 0 Å². The summed E-state index contributed by atoms with van der Waals surface area (Å²) >= 11 is 1.40. The predicted molar refractivity (Wildman–Crippen MR) is 119 cm³/mol. The lowest BCUT2D eigenvalue weighted by molar-refractivity contribution is -0.111. The fourth-order valence-electron chi connectivity index (χ4n) is 3.18. The normalized spacial score (nSPS) is 12.8. The van der Waals surface area contributed by atoms with Gasteiger partial charge in [-0.3, -0.25) is 10.1 Å². The number of benzene rings is 2. The molecule has 0 fully saturated rings. The molecule has 1 aliphatic rings. The molecule has 4 rings (SSSR count). The topological polar surface area (TPSA) is 69.7 Å². The van der Waals surface area contributed by atoms with Crippen LogP contribution in [0.1, 0.15) is 16.7 Å². The molecule has 0 saturated heterocycles. The quantitative estimate of drug-likeness (QED) is 0.595. The van der Waals surface area contributed by atoms with Crippen LogP contribution in [0.25, 0.3) is 17.3 Å². The number of nitrogens with zero attached hydrogens (tertiary/aromatic N) is 1. The van der Waals surface area contributed by atoms with Crippen molar-refractivity contribution in [2.24, 2.45) is 0 Å². The second-order valence-electron chi connectivity index (χ2n) is 6.93. The molecule has 3 aromatic rings. The van der Waals surface area contributed by atoms with Crippen LogP contribution in [-0.2, 0) is 4.79 Å². The number of fused-ring (bicyclic) bond motifs is 1. The van der Waals surface area contributed by atoms with Crippen molar-refractivity contribution in [1.82, 2.24) is 4.98 Å². The number of nitrogens with one attached hydrogen (secondary N) is 1. The molecule has 1 N–H and O–H groups in total. The molecule has 154 valence electrons. The number of rotatable bonds is 5. The summed E-state index contributed by atoms with van der Waals surface area (Å²) in [5, 5.41) is 5.33. The van der Waals surface area contributed by atoms with Crippen molar-refractivity contribution in [3.8, 4) is 28.5 Å². The first-order chi connectivity index (χ1) is 14.5. The van der Waals surface area contributed by atoms with Gasteiger partial charge in [0.1, 0.15) is 13.2 Å². The molecule has 1 aromatic heterocycles. The van der Waals surface area contributed by atoms with Crippen LogP contribution in [0.4, 0.5) is 5.13 Å². The third kappa shape index (κ3) is 4.31. The van der Waals surface area contributed by atoms with Gasteiger partial charge in [0.15, 0.2) is 16.6 Å². The van der Waals surface area contributed by atoms with Gasteiger partial charge in [-0.15, -0.1) is 11.3 Å². The highest BCUT2D eigenvalue weighted by Crippen LogP contribution is 2.40. The lowest BCUT2D eigenvalue weighted by atomic mass is 10.0. The monoisotopic (exact) mass is 422 g/mol. The van der Waals surface area contributed by atoms with Crippen LogP contribution < -0.4 is 19.5 Å². The first-order valence-corrected chi connectivity index (χ1v) is 10.4. The zero-order chi connectivity index (χ0) is 21.1. The van der Waals surface area contributed by atoms with Crippen LogP contribution >= 0.6 is 11.3 Å². The predicted octanol–water partition coefficient (Wildman–Crippen LogP) is 4.86. The van der Waals surface area contributed by atoms with E-state index in [4.69, 9.17) is 14.2 Å². The first kappa shape index (κ1) is 20.0. The molecule has 0 unspecified atom stereocenters. The average molecular weight is 423 g/mol. The molecule has 0 atom stereocenters. The molecular formula is C23H22N2O4S. The number of ether oxygens (including phenoxy) is 3. The molecule has 30 heavy (non-hydrogen) atoms. The van der Waals surface area contributed by atoms with Crippen molar-refractivity contribution < 1.29 is 19.0 Å². The van der Waals surface area contributed by atoms with Gasteiger partial charge in [-0.1, -0.05) is 17.7 Å². The highest BCUT2D eigenvalue weighted by Gasteiger charge is 2.18. The van der Waals surface area contributed by atoms with Crippen LogP contribution in [0, 0.1) is 13.8 Å². The summed E-state index contributed by atoms with van der Waals surface area (Å²) in [6.07, 6.45) is 3.17. The van der Waals surface area contributed by atoms with Crippen molar-refractivity contribution in [3.05, 3.63) is 58.5 Å². The maximum atomic E-state index is 12.4. The number of thiazole rings is 1. The minimum Gasteiger partial charge on any atom is -0.493 e. The van der Waals surface area contributed by atoms with Crippen LogP contribution in [0.15, 0.2) is 41.8 Å². The number of methoxy groups -OCH3 is 1. The summed E-state index contributed by atoms with van der Waals surface area (Å²) in [6.45, 7) is 5.07. The third-order valence-electron chi connectivity index (χ3n) is 4.68. The highest BCUT2D eigenvalue weighted by atomic mass is 32.1. The Morgan fingerprint density at radius 3 is 2.87 bits per heavy atom. The van der Waals surface area contributed by atoms with Gasteiger partial charge in [-0.2, -0.15) is 0 Å². The molecule has 2 aromatic carbocycles. The number of hydrogen-bond acceptors (Lipinski definition) is 6. The standard InChI is InChI=1S/C23H22N2O4S/c1-14-4-5-15(2)17(10-14)18-13-30-23(24-18)25-21(26)7-6-16-11-19(27-3)22-20(12-16)28-8-9-29-22/h4-7,10-13H,8-9H2,1-3H3,(H,24,25,26)/b7-6+. The number of carbonyl (C=O) groups excluding carboxylic acids is 1. The van der Waals surface area contributed by atoms with Gasteiger partial charge >= 0.3 is 0 Å².